The Bertz CT molecular complexity index is 1090. The molecule has 6 heteroatoms. The molecular weight excluding hydrogens is 388 g/mol. The van der Waals surface area contributed by atoms with E-state index in [4.69, 9.17) is 11.6 Å². The third-order valence-electron chi connectivity index (χ3n) is 4.90. The van der Waals surface area contributed by atoms with Crippen molar-refractivity contribution in [3.05, 3.63) is 100 Å². The summed E-state index contributed by atoms with van der Waals surface area (Å²) in [6.07, 6.45) is 0. The number of amides is 3. The number of hydrogen-bond acceptors (Lipinski definition) is 3. The molecule has 3 aromatic rings. The molecule has 0 bridgehead atoms. The third kappa shape index (κ3) is 3.41. The first kappa shape index (κ1) is 18.9. The number of anilines is 1. The van der Waals surface area contributed by atoms with E-state index in [1.165, 1.54) is 4.90 Å². The van der Waals surface area contributed by atoms with E-state index in [2.05, 4.69) is 0 Å². The topological polar surface area (TPSA) is 57.7 Å². The number of hydrogen-bond donors (Lipinski definition) is 0. The standard InChI is InChI=1S/C23H17ClN2O3/c1-15-6-2-5-9-20(15)25(21(27)16-10-12-17(24)13-11-16)14-26-22(28)18-7-3-4-8-19(18)23(26)29/h2-13H,14H2,1H3. The molecule has 5 nitrogen and oxygen atoms in total. The Hall–Kier alpha value is -3.44. The highest BCUT2D eigenvalue weighted by Gasteiger charge is 2.37. The van der Waals surface area contributed by atoms with Crippen molar-refractivity contribution in [2.45, 2.75) is 6.92 Å². The summed E-state index contributed by atoms with van der Waals surface area (Å²) < 4.78 is 0. The number of halogens is 1. The molecule has 0 N–H and O–H groups in total. The first-order valence-corrected chi connectivity index (χ1v) is 9.43. The highest BCUT2D eigenvalue weighted by Crippen LogP contribution is 2.27. The smallest absolute Gasteiger partial charge is 0.263 e. The monoisotopic (exact) mass is 404 g/mol. The molecule has 0 aliphatic carbocycles. The number of rotatable bonds is 4. The van der Waals surface area contributed by atoms with Gasteiger partial charge >= 0.3 is 0 Å². The van der Waals surface area contributed by atoms with Crippen LogP contribution in [0.2, 0.25) is 5.02 Å². The van der Waals surface area contributed by atoms with Crippen molar-refractivity contribution < 1.29 is 14.4 Å². The minimum atomic E-state index is -0.409. The first-order valence-electron chi connectivity index (χ1n) is 9.05. The molecule has 29 heavy (non-hydrogen) atoms. The molecule has 0 radical (unpaired) electrons. The Morgan fingerprint density at radius 3 is 2.00 bits per heavy atom. The van der Waals surface area contributed by atoms with Crippen LogP contribution in [0.3, 0.4) is 0 Å². The maximum absolute atomic E-state index is 13.3. The second-order valence-electron chi connectivity index (χ2n) is 6.75. The number of fused-ring (bicyclic) bond motifs is 1. The zero-order chi connectivity index (χ0) is 20.5. The van der Waals surface area contributed by atoms with Crippen molar-refractivity contribution >= 4 is 35.0 Å². The van der Waals surface area contributed by atoms with Gasteiger partial charge in [-0.1, -0.05) is 41.9 Å². The van der Waals surface area contributed by atoms with Crippen LogP contribution >= 0.6 is 11.6 Å². The van der Waals surface area contributed by atoms with Crippen molar-refractivity contribution in [1.29, 1.82) is 0 Å². The van der Waals surface area contributed by atoms with Gasteiger partial charge in [-0.15, -0.1) is 0 Å². The van der Waals surface area contributed by atoms with E-state index in [0.717, 1.165) is 10.5 Å². The van der Waals surface area contributed by atoms with Crippen LogP contribution in [0.5, 0.6) is 0 Å². The van der Waals surface area contributed by atoms with Gasteiger partial charge in [-0.2, -0.15) is 0 Å². The molecule has 0 saturated heterocycles. The van der Waals surface area contributed by atoms with Gasteiger partial charge in [-0.3, -0.25) is 24.2 Å². The van der Waals surface area contributed by atoms with Gasteiger partial charge in [0.2, 0.25) is 0 Å². The summed E-state index contributed by atoms with van der Waals surface area (Å²) in [6.45, 7) is 1.69. The second-order valence-corrected chi connectivity index (χ2v) is 7.19. The summed E-state index contributed by atoms with van der Waals surface area (Å²) in [6, 6.07) is 20.5. The molecule has 4 rings (SSSR count). The van der Waals surface area contributed by atoms with E-state index in [0.29, 0.717) is 27.4 Å². The highest BCUT2D eigenvalue weighted by atomic mass is 35.5. The molecule has 1 aliphatic heterocycles. The van der Waals surface area contributed by atoms with Crippen LogP contribution < -0.4 is 4.90 Å². The van der Waals surface area contributed by atoms with Gasteiger partial charge in [0, 0.05) is 16.3 Å². The molecule has 0 saturated carbocycles. The fourth-order valence-corrected chi connectivity index (χ4v) is 3.50. The van der Waals surface area contributed by atoms with Crippen LogP contribution in [0.4, 0.5) is 5.69 Å². The predicted octanol–water partition coefficient (Wildman–Crippen LogP) is 4.55. The molecular formula is C23H17ClN2O3. The number of carbonyl (C=O) groups excluding carboxylic acids is 3. The fraction of sp³-hybridized carbons (Fsp3) is 0.0870. The molecule has 0 fully saturated rings. The minimum Gasteiger partial charge on any atom is -0.289 e. The number of para-hydroxylation sites is 1. The van der Waals surface area contributed by atoms with E-state index in [-0.39, 0.29) is 12.6 Å². The van der Waals surface area contributed by atoms with Crippen LogP contribution in [0.25, 0.3) is 0 Å². The van der Waals surface area contributed by atoms with Gasteiger partial charge in [0.15, 0.2) is 0 Å². The van der Waals surface area contributed by atoms with Crippen molar-refractivity contribution in [3.63, 3.8) is 0 Å². The SMILES string of the molecule is Cc1ccccc1N(CN1C(=O)c2ccccc2C1=O)C(=O)c1ccc(Cl)cc1. The van der Waals surface area contributed by atoms with Crippen molar-refractivity contribution in [2.75, 3.05) is 11.6 Å². The van der Waals surface area contributed by atoms with Gasteiger partial charge in [-0.05, 0) is 55.0 Å². The van der Waals surface area contributed by atoms with Gasteiger partial charge in [-0.25, -0.2) is 0 Å². The Balaban J connectivity index is 1.73. The zero-order valence-electron chi connectivity index (χ0n) is 15.6. The summed E-state index contributed by atoms with van der Waals surface area (Å²) in [5, 5.41) is 0.518. The molecule has 144 valence electrons. The number of imide groups is 1. The number of nitrogens with zero attached hydrogens (tertiary/aromatic N) is 2. The van der Waals surface area contributed by atoms with Crippen LogP contribution in [0.1, 0.15) is 36.6 Å². The number of carbonyl (C=O) groups is 3. The molecule has 0 aromatic heterocycles. The van der Waals surface area contributed by atoms with Crippen molar-refractivity contribution in [2.24, 2.45) is 0 Å². The van der Waals surface area contributed by atoms with Crippen molar-refractivity contribution in [3.8, 4) is 0 Å². The number of aryl methyl sites for hydroxylation is 1. The minimum absolute atomic E-state index is 0.182. The Morgan fingerprint density at radius 1 is 0.862 bits per heavy atom. The molecule has 1 heterocycles. The van der Waals surface area contributed by atoms with E-state index in [1.807, 2.05) is 25.1 Å². The maximum Gasteiger partial charge on any atom is 0.263 e. The van der Waals surface area contributed by atoms with Crippen LogP contribution in [-0.2, 0) is 0 Å². The summed E-state index contributed by atoms with van der Waals surface area (Å²) in [5.74, 6) is -1.14. The Labute approximate surface area is 173 Å². The second kappa shape index (κ2) is 7.53. The average Bonchev–Trinajstić information content (AvgIpc) is 2.97. The third-order valence-corrected chi connectivity index (χ3v) is 5.16. The quantitative estimate of drug-likeness (QED) is 0.599. The number of benzene rings is 3. The summed E-state index contributed by atoms with van der Waals surface area (Å²) in [5.41, 5.74) is 2.59. The lowest BCUT2D eigenvalue weighted by Gasteiger charge is -2.28. The van der Waals surface area contributed by atoms with Crippen LogP contribution in [0.15, 0.2) is 72.8 Å². The van der Waals surface area contributed by atoms with Gasteiger partial charge < -0.3 is 0 Å². The highest BCUT2D eigenvalue weighted by molar-refractivity contribution is 6.30. The lowest BCUT2D eigenvalue weighted by Crippen LogP contribution is -2.44. The molecule has 0 unspecified atom stereocenters. The molecule has 3 amide bonds. The normalized spacial score (nSPS) is 12.8. The summed E-state index contributed by atoms with van der Waals surface area (Å²) >= 11 is 5.94. The van der Waals surface area contributed by atoms with E-state index < -0.39 is 11.8 Å². The van der Waals surface area contributed by atoms with E-state index in [1.54, 1.807) is 54.6 Å². The summed E-state index contributed by atoms with van der Waals surface area (Å²) in [4.78, 5) is 41.5. The van der Waals surface area contributed by atoms with Gasteiger partial charge in [0.1, 0.15) is 6.67 Å². The van der Waals surface area contributed by atoms with Crippen LogP contribution in [-0.4, -0.2) is 29.3 Å². The zero-order valence-corrected chi connectivity index (χ0v) is 16.4. The Morgan fingerprint density at radius 2 is 1.41 bits per heavy atom. The van der Waals surface area contributed by atoms with E-state index >= 15 is 0 Å². The fourth-order valence-electron chi connectivity index (χ4n) is 3.37. The Kier molecular flexibility index (Phi) is 4.91. The lowest BCUT2D eigenvalue weighted by atomic mass is 10.1. The molecule has 0 spiro atoms. The average molecular weight is 405 g/mol. The van der Waals surface area contributed by atoms with E-state index in [9.17, 15) is 14.4 Å². The molecule has 3 aromatic carbocycles. The maximum atomic E-state index is 13.3. The molecule has 1 aliphatic rings. The van der Waals surface area contributed by atoms with Gasteiger partial charge in [0.25, 0.3) is 17.7 Å². The van der Waals surface area contributed by atoms with Crippen molar-refractivity contribution in [1.82, 2.24) is 4.90 Å². The lowest BCUT2D eigenvalue weighted by molar-refractivity contribution is 0.0650. The van der Waals surface area contributed by atoms with Crippen LogP contribution in [0, 0.1) is 6.92 Å². The van der Waals surface area contributed by atoms with Gasteiger partial charge in [0.05, 0.1) is 11.1 Å². The first-order chi connectivity index (χ1) is 14.0. The largest absolute Gasteiger partial charge is 0.289 e. The summed E-state index contributed by atoms with van der Waals surface area (Å²) in [7, 11) is 0. The predicted molar refractivity (Wildman–Crippen MR) is 111 cm³/mol. The molecule has 0 atom stereocenters.